The first-order chi connectivity index (χ1) is 7.18. The molecule has 82 valence electrons. The van der Waals surface area contributed by atoms with Crippen molar-refractivity contribution in [1.82, 2.24) is 9.55 Å². The maximum absolute atomic E-state index is 11.8. The van der Waals surface area contributed by atoms with E-state index in [1.807, 2.05) is 18.4 Å². The van der Waals surface area contributed by atoms with Crippen LogP contribution in [-0.2, 0) is 16.1 Å². The molecule has 0 amide bonds. The second-order valence-electron chi connectivity index (χ2n) is 4.07. The SMILES string of the molecule is Cc1ncn(CC(=O)C2CCOC2)c1C. The van der Waals surface area contributed by atoms with E-state index in [-0.39, 0.29) is 11.7 Å². The zero-order valence-corrected chi connectivity index (χ0v) is 9.19. The van der Waals surface area contributed by atoms with E-state index < -0.39 is 0 Å². The molecule has 1 aliphatic heterocycles. The van der Waals surface area contributed by atoms with Gasteiger partial charge in [-0.3, -0.25) is 4.79 Å². The molecule has 0 N–H and O–H groups in total. The lowest BCUT2D eigenvalue weighted by Gasteiger charge is -2.08. The minimum Gasteiger partial charge on any atom is -0.381 e. The molecule has 0 aromatic carbocycles. The lowest BCUT2D eigenvalue weighted by atomic mass is 10.0. The van der Waals surface area contributed by atoms with Gasteiger partial charge in [0.05, 0.1) is 25.2 Å². The standard InChI is InChI=1S/C11H16N2O2/c1-8-9(2)13(7-12-8)5-11(14)10-3-4-15-6-10/h7,10H,3-6H2,1-2H3. The molecule has 0 bridgehead atoms. The molecule has 1 saturated heterocycles. The monoisotopic (exact) mass is 208 g/mol. The van der Waals surface area contributed by atoms with Gasteiger partial charge in [0.15, 0.2) is 5.78 Å². The van der Waals surface area contributed by atoms with Gasteiger partial charge in [-0.2, -0.15) is 0 Å². The molecule has 1 aromatic heterocycles. The largest absolute Gasteiger partial charge is 0.381 e. The van der Waals surface area contributed by atoms with Gasteiger partial charge in [0.2, 0.25) is 0 Å². The lowest BCUT2D eigenvalue weighted by Crippen LogP contribution is -2.20. The number of aromatic nitrogens is 2. The van der Waals surface area contributed by atoms with Crippen molar-refractivity contribution in [3.05, 3.63) is 17.7 Å². The zero-order chi connectivity index (χ0) is 10.8. The summed E-state index contributed by atoms with van der Waals surface area (Å²) in [6.07, 6.45) is 2.60. The molecule has 1 fully saturated rings. The number of ether oxygens (including phenoxy) is 1. The average Bonchev–Trinajstić information content (AvgIpc) is 2.83. The van der Waals surface area contributed by atoms with Crippen molar-refractivity contribution in [3.8, 4) is 0 Å². The minimum atomic E-state index is 0.0899. The number of Topliss-reactive ketones (excluding diaryl/α,β-unsaturated/α-hetero) is 1. The molecule has 1 atom stereocenters. The molecule has 15 heavy (non-hydrogen) atoms. The predicted octanol–water partition coefficient (Wildman–Crippen LogP) is 1.11. The van der Waals surface area contributed by atoms with E-state index in [4.69, 9.17) is 4.74 Å². The van der Waals surface area contributed by atoms with Gasteiger partial charge >= 0.3 is 0 Å². The lowest BCUT2D eigenvalue weighted by molar-refractivity contribution is -0.123. The summed E-state index contributed by atoms with van der Waals surface area (Å²) >= 11 is 0. The summed E-state index contributed by atoms with van der Waals surface area (Å²) in [7, 11) is 0. The van der Waals surface area contributed by atoms with Crippen molar-refractivity contribution in [3.63, 3.8) is 0 Å². The van der Waals surface area contributed by atoms with Gasteiger partial charge in [-0.25, -0.2) is 4.98 Å². The van der Waals surface area contributed by atoms with E-state index in [0.717, 1.165) is 24.4 Å². The highest BCUT2D eigenvalue weighted by Crippen LogP contribution is 2.15. The first-order valence-electron chi connectivity index (χ1n) is 5.27. The van der Waals surface area contributed by atoms with Crippen molar-refractivity contribution < 1.29 is 9.53 Å². The van der Waals surface area contributed by atoms with Crippen molar-refractivity contribution >= 4 is 5.78 Å². The fraction of sp³-hybridized carbons (Fsp3) is 0.636. The second-order valence-corrected chi connectivity index (χ2v) is 4.07. The van der Waals surface area contributed by atoms with E-state index in [1.54, 1.807) is 6.33 Å². The molecular formula is C11H16N2O2. The van der Waals surface area contributed by atoms with Crippen molar-refractivity contribution in [2.45, 2.75) is 26.8 Å². The Kier molecular flexibility index (Phi) is 2.86. The molecular weight excluding hydrogens is 192 g/mol. The van der Waals surface area contributed by atoms with E-state index >= 15 is 0 Å². The van der Waals surface area contributed by atoms with Crippen molar-refractivity contribution in [2.24, 2.45) is 5.92 Å². The quantitative estimate of drug-likeness (QED) is 0.747. The van der Waals surface area contributed by atoms with Gasteiger partial charge in [-0.05, 0) is 20.3 Å². The highest BCUT2D eigenvalue weighted by molar-refractivity contribution is 5.81. The molecule has 1 aromatic rings. The highest BCUT2D eigenvalue weighted by Gasteiger charge is 2.23. The molecule has 4 nitrogen and oxygen atoms in total. The molecule has 2 heterocycles. The summed E-state index contributed by atoms with van der Waals surface area (Å²) in [6.45, 7) is 5.68. The van der Waals surface area contributed by atoms with Gasteiger partial charge in [0.1, 0.15) is 0 Å². The van der Waals surface area contributed by atoms with E-state index in [9.17, 15) is 4.79 Å². The van der Waals surface area contributed by atoms with Crippen LogP contribution >= 0.6 is 0 Å². The summed E-state index contributed by atoms with van der Waals surface area (Å²) in [5.41, 5.74) is 2.06. The van der Waals surface area contributed by atoms with E-state index in [2.05, 4.69) is 4.98 Å². The Hall–Kier alpha value is -1.16. The summed E-state index contributed by atoms with van der Waals surface area (Å²) in [6, 6.07) is 0. The fourth-order valence-corrected chi connectivity index (χ4v) is 1.79. The number of hydrogen-bond donors (Lipinski definition) is 0. The number of rotatable bonds is 3. The molecule has 2 rings (SSSR count). The van der Waals surface area contributed by atoms with Crippen LogP contribution in [0.1, 0.15) is 17.8 Å². The Morgan fingerprint density at radius 2 is 2.47 bits per heavy atom. The second kappa shape index (κ2) is 4.14. The van der Waals surface area contributed by atoms with Gasteiger partial charge in [0.25, 0.3) is 0 Å². The Balaban J connectivity index is 2.02. The number of carbonyl (C=O) groups is 1. The average molecular weight is 208 g/mol. The van der Waals surface area contributed by atoms with E-state index in [1.165, 1.54) is 0 Å². The predicted molar refractivity (Wildman–Crippen MR) is 55.6 cm³/mol. The Labute approximate surface area is 89.3 Å². The normalized spacial score (nSPS) is 20.8. The molecule has 0 aliphatic carbocycles. The zero-order valence-electron chi connectivity index (χ0n) is 9.19. The molecule has 0 radical (unpaired) electrons. The van der Waals surface area contributed by atoms with Crippen LogP contribution in [0.2, 0.25) is 0 Å². The number of nitrogens with zero attached hydrogens (tertiary/aromatic N) is 2. The maximum atomic E-state index is 11.8. The topological polar surface area (TPSA) is 44.1 Å². The molecule has 0 spiro atoms. The number of aryl methyl sites for hydroxylation is 1. The third-order valence-electron chi connectivity index (χ3n) is 3.06. The Bertz CT molecular complexity index is 365. The Morgan fingerprint density at radius 3 is 3.00 bits per heavy atom. The van der Waals surface area contributed by atoms with Crippen LogP contribution in [0.4, 0.5) is 0 Å². The third-order valence-corrected chi connectivity index (χ3v) is 3.06. The summed E-state index contributed by atoms with van der Waals surface area (Å²) in [5, 5.41) is 0. The van der Waals surface area contributed by atoms with Crippen molar-refractivity contribution in [2.75, 3.05) is 13.2 Å². The fourth-order valence-electron chi connectivity index (χ4n) is 1.79. The summed E-state index contributed by atoms with van der Waals surface area (Å²) in [5.74, 6) is 0.347. The Morgan fingerprint density at radius 1 is 1.67 bits per heavy atom. The number of imidazole rings is 1. The van der Waals surface area contributed by atoms with Crippen LogP contribution in [0.5, 0.6) is 0 Å². The summed E-state index contributed by atoms with van der Waals surface area (Å²) < 4.78 is 7.12. The molecule has 1 aliphatic rings. The first-order valence-corrected chi connectivity index (χ1v) is 5.27. The van der Waals surface area contributed by atoms with E-state index in [0.29, 0.717) is 13.2 Å². The van der Waals surface area contributed by atoms with Crippen LogP contribution in [0, 0.1) is 19.8 Å². The first kappa shape index (κ1) is 10.4. The third kappa shape index (κ3) is 2.09. The van der Waals surface area contributed by atoms with Crippen molar-refractivity contribution in [1.29, 1.82) is 0 Å². The molecule has 4 heteroatoms. The number of hydrogen-bond acceptors (Lipinski definition) is 3. The van der Waals surface area contributed by atoms with Gasteiger partial charge < -0.3 is 9.30 Å². The van der Waals surface area contributed by atoms with Crippen LogP contribution < -0.4 is 0 Å². The van der Waals surface area contributed by atoms with Gasteiger partial charge in [-0.1, -0.05) is 0 Å². The molecule has 1 unspecified atom stereocenters. The van der Waals surface area contributed by atoms with Crippen LogP contribution in [0.15, 0.2) is 6.33 Å². The summed E-state index contributed by atoms with van der Waals surface area (Å²) in [4.78, 5) is 16.0. The van der Waals surface area contributed by atoms with Crippen LogP contribution in [0.3, 0.4) is 0 Å². The maximum Gasteiger partial charge on any atom is 0.158 e. The van der Waals surface area contributed by atoms with Gasteiger partial charge in [0, 0.05) is 18.2 Å². The number of ketones is 1. The minimum absolute atomic E-state index is 0.0899. The highest BCUT2D eigenvalue weighted by atomic mass is 16.5. The van der Waals surface area contributed by atoms with Gasteiger partial charge in [-0.15, -0.1) is 0 Å². The smallest absolute Gasteiger partial charge is 0.158 e. The van der Waals surface area contributed by atoms with Crippen LogP contribution in [0.25, 0.3) is 0 Å². The van der Waals surface area contributed by atoms with Crippen LogP contribution in [-0.4, -0.2) is 28.5 Å². The molecule has 0 saturated carbocycles. The number of carbonyl (C=O) groups excluding carboxylic acids is 1.